The summed E-state index contributed by atoms with van der Waals surface area (Å²) in [5.74, 6) is 0.448. The molecule has 0 radical (unpaired) electrons. The van der Waals surface area contributed by atoms with Crippen molar-refractivity contribution >= 4 is 40.7 Å². The van der Waals surface area contributed by atoms with Gasteiger partial charge in [-0.15, -0.1) is 12.4 Å². The average Bonchev–Trinajstić information content (AvgIpc) is 2.95. The van der Waals surface area contributed by atoms with Crippen molar-refractivity contribution in [1.29, 1.82) is 0 Å². The molecule has 0 saturated carbocycles. The minimum Gasteiger partial charge on any atom is -0.496 e. The monoisotopic (exact) mass is 467 g/mol. The second-order valence-electron chi connectivity index (χ2n) is 8.13. The second-order valence-corrected chi connectivity index (χ2v) is 8.13. The molecule has 3 aromatic carbocycles. The van der Waals surface area contributed by atoms with E-state index in [4.69, 9.17) is 4.74 Å². The van der Waals surface area contributed by atoms with Crippen LogP contribution in [0.15, 0.2) is 60.7 Å². The van der Waals surface area contributed by atoms with Gasteiger partial charge >= 0.3 is 0 Å². The first-order valence-corrected chi connectivity index (χ1v) is 10.9. The summed E-state index contributed by atoms with van der Waals surface area (Å²) in [6, 6.07) is 19.1. The molecular weight excluding hydrogens is 438 g/mol. The summed E-state index contributed by atoms with van der Waals surface area (Å²) >= 11 is 0. The number of fused-ring (bicyclic) bond motifs is 2. The number of nitrogens with one attached hydrogen (secondary N) is 2. The predicted molar refractivity (Wildman–Crippen MR) is 134 cm³/mol. The number of aryl methyl sites for hydroxylation is 1. The Morgan fingerprint density at radius 3 is 2.61 bits per heavy atom. The molecule has 0 unspecified atom stereocenters. The third-order valence-electron chi connectivity index (χ3n) is 6.23. The molecule has 174 valence electrons. The SMILES string of the molecule is CN[C@@H](C)C(=O)N[C@H]1CCc2ccccc2N(Cc2c(OC)ccc3ccccc23)C1=O.Cl. The summed E-state index contributed by atoms with van der Waals surface area (Å²) in [7, 11) is 3.38. The molecule has 1 aliphatic heterocycles. The van der Waals surface area contributed by atoms with E-state index in [0.717, 1.165) is 33.3 Å². The molecule has 2 atom stereocenters. The van der Waals surface area contributed by atoms with Gasteiger partial charge in [-0.2, -0.15) is 0 Å². The molecule has 6 nitrogen and oxygen atoms in total. The Morgan fingerprint density at radius 1 is 1.12 bits per heavy atom. The van der Waals surface area contributed by atoms with Crippen molar-refractivity contribution in [3.8, 4) is 5.75 Å². The van der Waals surface area contributed by atoms with E-state index in [1.165, 1.54) is 0 Å². The third-order valence-corrected chi connectivity index (χ3v) is 6.23. The van der Waals surface area contributed by atoms with Gasteiger partial charge in [-0.25, -0.2) is 0 Å². The van der Waals surface area contributed by atoms with E-state index >= 15 is 0 Å². The van der Waals surface area contributed by atoms with Crippen LogP contribution in [0, 0.1) is 0 Å². The van der Waals surface area contributed by atoms with Crippen molar-refractivity contribution in [3.63, 3.8) is 0 Å². The maximum atomic E-state index is 13.7. The van der Waals surface area contributed by atoms with Crippen LogP contribution in [-0.2, 0) is 22.6 Å². The highest BCUT2D eigenvalue weighted by atomic mass is 35.5. The van der Waals surface area contributed by atoms with Gasteiger partial charge in [-0.3, -0.25) is 9.59 Å². The fourth-order valence-corrected chi connectivity index (χ4v) is 4.27. The Labute approximate surface area is 200 Å². The molecule has 0 spiro atoms. The number of carbonyl (C=O) groups excluding carboxylic acids is 2. The number of halogens is 1. The fraction of sp³-hybridized carbons (Fsp3) is 0.308. The van der Waals surface area contributed by atoms with Gasteiger partial charge in [0.15, 0.2) is 0 Å². The lowest BCUT2D eigenvalue weighted by Gasteiger charge is -2.28. The Balaban J connectivity index is 0.00000306. The van der Waals surface area contributed by atoms with Gasteiger partial charge < -0.3 is 20.3 Å². The number of likely N-dealkylation sites (N-methyl/N-ethyl adjacent to an activating group) is 1. The zero-order chi connectivity index (χ0) is 22.7. The van der Waals surface area contributed by atoms with Crippen LogP contribution in [0.4, 0.5) is 5.69 Å². The van der Waals surface area contributed by atoms with Crippen LogP contribution in [0.3, 0.4) is 0 Å². The van der Waals surface area contributed by atoms with Gasteiger partial charge in [0.1, 0.15) is 11.8 Å². The van der Waals surface area contributed by atoms with Gasteiger partial charge in [0.2, 0.25) is 11.8 Å². The summed E-state index contributed by atoms with van der Waals surface area (Å²) in [5, 5.41) is 8.02. The minimum absolute atomic E-state index is 0. The molecule has 0 aromatic heterocycles. The molecule has 1 heterocycles. The van der Waals surface area contributed by atoms with E-state index in [1.807, 2.05) is 42.5 Å². The van der Waals surface area contributed by atoms with Crippen LogP contribution in [0.5, 0.6) is 5.75 Å². The first-order chi connectivity index (χ1) is 15.5. The number of para-hydroxylation sites is 1. The highest BCUT2D eigenvalue weighted by Crippen LogP contribution is 2.34. The number of anilines is 1. The fourth-order valence-electron chi connectivity index (χ4n) is 4.27. The molecule has 0 fully saturated rings. The smallest absolute Gasteiger partial charge is 0.249 e. The number of rotatable bonds is 6. The van der Waals surface area contributed by atoms with E-state index in [0.29, 0.717) is 19.4 Å². The summed E-state index contributed by atoms with van der Waals surface area (Å²) in [6.45, 7) is 2.14. The highest BCUT2D eigenvalue weighted by molar-refractivity contribution is 6.01. The van der Waals surface area contributed by atoms with Crippen molar-refractivity contribution in [1.82, 2.24) is 10.6 Å². The van der Waals surface area contributed by atoms with E-state index in [2.05, 4.69) is 28.8 Å². The highest BCUT2D eigenvalue weighted by Gasteiger charge is 2.32. The van der Waals surface area contributed by atoms with Crippen LogP contribution in [0.1, 0.15) is 24.5 Å². The third kappa shape index (κ3) is 4.97. The van der Waals surface area contributed by atoms with Crippen LogP contribution >= 0.6 is 12.4 Å². The molecule has 2 amide bonds. The van der Waals surface area contributed by atoms with Crippen molar-refractivity contribution in [2.45, 2.75) is 38.4 Å². The Hall–Kier alpha value is -3.09. The van der Waals surface area contributed by atoms with E-state index in [1.54, 1.807) is 26.0 Å². The minimum atomic E-state index is -0.591. The number of nitrogens with zero attached hydrogens (tertiary/aromatic N) is 1. The lowest BCUT2D eigenvalue weighted by Crippen LogP contribution is -2.52. The van der Waals surface area contributed by atoms with Gasteiger partial charge in [0, 0.05) is 11.3 Å². The standard InChI is InChI=1S/C26H29N3O3.ClH/c1-17(27-2)25(30)28-22-14-12-19-9-5-7-11-23(19)29(26(22)31)16-21-20-10-6-4-8-18(20)13-15-24(21)32-3;/h4-11,13,15,17,22,27H,12,14,16H2,1-3H3,(H,28,30);1H/t17-,22-;/m0./s1. The molecule has 3 aromatic rings. The zero-order valence-corrected chi connectivity index (χ0v) is 19.9. The van der Waals surface area contributed by atoms with E-state index < -0.39 is 6.04 Å². The first-order valence-electron chi connectivity index (χ1n) is 10.9. The number of hydrogen-bond acceptors (Lipinski definition) is 4. The van der Waals surface area contributed by atoms with Gasteiger partial charge in [-0.1, -0.05) is 48.5 Å². The summed E-state index contributed by atoms with van der Waals surface area (Å²) in [5.41, 5.74) is 2.92. The molecule has 0 bridgehead atoms. The lowest BCUT2D eigenvalue weighted by molar-refractivity contribution is -0.128. The van der Waals surface area contributed by atoms with Crippen LogP contribution < -0.4 is 20.3 Å². The number of benzene rings is 3. The normalized spacial score (nSPS) is 16.4. The molecule has 33 heavy (non-hydrogen) atoms. The molecule has 7 heteroatoms. The van der Waals surface area contributed by atoms with E-state index in [9.17, 15) is 9.59 Å². The number of carbonyl (C=O) groups is 2. The molecule has 1 aliphatic rings. The van der Waals surface area contributed by atoms with Crippen LogP contribution in [0.2, 0.25) is 0 Å². The first kappa shape index (κ1) is 24.6. The summed E-state index contributed by atoms with van der Waals surface area (Å²) in [6.07, 6.45) is 1.27. The Morgan fingerprint density at radius 2 is 1.85 bits per heavy atom. The van der Waals surface area contributed by atoms with Crippen molar-refractivity contribution in [2.24, 2.45) is 0 Å². The van der Waals surface area contributed by atoms with Crippen molar-refractivity contribution in [2.75, 3.05) is 19.1 Å². The topological polar surface area (TPSA) is 70.7 Å². The number of amides is 2. The van der Waals surface area contributed by atoms with Gasteiger partial charge in [0.05, 0.1) is 19.7 Å². The number of hydrogen-bond donors (Lipinski definition) is 2. The zero-order valence-electron chi connectivity index (χ0n) is 19.1. The average molecular weight is 468 g/mol. The van der Waals surface area contributed by atoms with Crippen LogP contribution in [-0.4, -0.2) is 38.1 Å². The maximum absolute atomic E-state index is 13.7. The molecule has 0 saturated heterocycles. The number of methoxy groups -OCH3 is 1. The molecule has 0 aliphatic carbocycles. The lowest BCUT2D eigenvalue weighted by atomic mass is 10.0. The predicted octanol–water partition coefficient (Wildman–Crippen LogP) is 3.84. The second kappa shape index (κ2) is 10.7. The Kier molecular flexibility index (Phi) is 7.95. The molecular formula is C26H30ClN3O3. The molecule has 4 rings (SSSR count). The van der Waals surface area contributed by atoms with E-state index in [-0.39, 0.29) is 30.3 Å². The summed E-state index contributed by atoms with van der Waals surface area (Å²) < 4.78 is 5.67. The van der Waals surface area contributed by atoms with Gasteiger partial charge in [0.25, 0.3) is 0 Å². The largest absolute Gasteiger partial charge is 0.496 e. The van der Waals surface area contributed by atoms with Crippen molar-refractivity contribution < 1.29 is 14.3 Å². The van der Waals surface area contributed by atoms with Crippen molar-refractivity contribution in [3.05, 3.63) is 71.8 Å². The number of ether oxygens (including phenoxy) is 1. The summed E-state index contributed by atoms with van der Waals surface area (Å²) in [4.78, 5) is 28.1. The Bertz CT molecular complexity index is 1150. The molecule has 2 N–H and O–H groups in total. The maximum Gasteiger partial charge on any atom is 0.249 e. The quantitative estimate of drug-likeness (QED) is 0.577. The van der Waals surface area contributed by atoms with Crippen LogP contribution in [0.25, 0.3) is 10.8 Å². The van der Waals surface area contributed by atoms with Gasteiger partial charge in [-0.05, 0) is 55.3 Å².